The first-order valence-corrected chi connectivity index (χ1v) is 5.55. The minimum absolute atomic E-state index is 0.150. The van der Waals surface area contributed by atoms with Crippen molar-refractivity contribution in [1.82, 2.24) is 5.32 Å². The molecule has 0 aromatic carbocycles. The van der Waals surface area contributed by atoms with E-state index in [1.165, 1.54) is 0 Å². The zero-order valence-corrected chi connectivity index (χ0v) is 10.3. The highest BCUT2D eigenvalue weighted by Crippen LogP contribution is 2.21. The lowest BCUT2D eigenvalue weighted by molar-refractivity contribution is -0.141. The van der Waals surface area contributed by atoms with E-state index in [0.29, 0.717) is 6.42 Å². The number of rotatable bonds is 7. The van der Waals surface area contributed by atoms with Crippen molar-refractivity contribution >= 4 is 5.97 Å². The molecule has 16 heavy (non-hydrogen) atoms. The van der Waals surface area contributed by atoms with Crippen molar-refractivity contribution in [2.75, 3.05) is 0 Å². The maximum atomic E-state index is 13.1. The zero-order valence-electron chi connectivity index (χ0n) is 10.3. The summed E-state index contributed by atoms with van der Waals surface area (Å²) < 4.78 is 26.2. The van der Waals surface area contributed by atoms with Gasteiger partial charge in [-0.3, -0.25) is 10.1 Å². The topological polar surface area (TPSA) is 49.3 Å². The van der Waals surface area contributed by atoms with E-state index < -0.39 is 24.0 Å². The number of carboxylic acid groups (broad SMARTS) is 1. The van der Waals surface area contributed by atoms with Gasteiger partial charge in [0, 0.05) is 6.92 Å². The highest BCUT2D eigenvalue weighted by Gasteiger charge is 2.35. The van der Waals surface area contributed by atoms with E-state index >= 15 is 0 Å². The first kappa shape index (κ1) is 15.3. The number of nitrogens with one attached hydrogen (secondary N) is 1. The standard InChI is InChI=1S/C11H21F2NO2/c1-5-9(11(4,12)13)14-8(10(15)16)6-7(2)3/h7-9,14H,5-6H2,1-4H3,(H,15,16). The summed E-state index contributed by atoms with van der Waals surface area (Å²) in [6.07, 6.45) is 0.549. The Hall–Kier alpha value is -0.710. The predicted octanol–water partition coefficient (Wildman–Crippen LogP) is 2.51. The summed E-state index contributed by atoms with van der Waals surface area (Å²) in [5, 5.41) is 11.4. The molecule has 0 rings (SSSR count). The second-order valence-corrected chi connectivity index (χ2v) is 4.60. The third kappa shape index (κ3) is 5.39. The van der Waals surface area contributed by atoms with Crippen LogP contribution in [0.4, 0.5) is 8.78 Å². The molecule has 0 aromatic rings. The van der Waals surface area contributed by atoms with E-state index in [0.717, 1.165) is 6.92 Å². The van der Waals surface area contributed by atoms with Crippen LogP contribution in [0.3, 0.4) is 0 Å². The van der Waals surface area contributed by atoms with Crippen LogP contribution in [0.1, 0.15) is 40.5 Å². The number of hydrogen-bond donors (Lipinski definition) is 2. The summed E-state index contributed by atoms with van der Waals surface area (Å²) in [6.45, 7) is 6.15. The minimum Gasteiger partial charge on any atom is -0.480 e. The van der Waals surface area contributed by atoms with Crippen LogP contribution in [-0.2, 0) is 4.79 Å². The number of aliphatic carboxylic acids is 1. The SMILES string of the molecule is CCC(NC(CC(C)C)C(=O)O)C(C)(F)F. The molecule has 0 bridgehead atoms. The molecule has 0 amide bonds. The van der Waals surface area contributed by atoms with Gasteiger partial charge in [-0.05, 0) is 18.8 Å². The van der Waals surface area contributed by atoms with Gasteiger partial charge in [-0.15, -0.1) is 0 Å². The molecule has 2 N–H and O–H groups in total. The third-order valence-corrected chi connectivity index (χ3v) is 2.43. The predicted molar refractivity (Wildman–Crippen MR) is 58.7 cm³/mol. The number of halogens is 2. The lowest BCUT2D eigenvalue weighted by Crippen LogP contribution is -2.50. The maximum Gasteiger partial charge on any atom is 0.320 e. The Bertz CT molecular complexity index is 227. The van der Waals surface area contributed by atoms with Gasteiger partial charge >= 0.3 is 5.97 Å². The fourth-order valence-corrected chi connectivity index (χ4v) is 1.58. The highest BCUT2D eigenvalue weighted by atomic mass is 19.3. The van der Waals surface area contributed by atoms with Crippen LogP contribution in [0.25, 0.3) is 0 Å². The molecule has 5 heteroatoms. The molecule has 0 saturated heterocycles. The molecule has 3 nitrogen and oxygen atoms in total. The Morgan fingerprint density at radius 1 is 1.44 bits per heavy atom. The van der Waals surface area contributed by atoms with Gasteiger partial charge in [0.05, 0.1) is 6.04 Å². The van der Waals surface area contributed by atoms with Crippen LogP contribution in [0.2, 0.25) is 0 Å². The van der Waals surface area contributed by atoms with E-state index in [4.69, 9.17) is 5.11 Å². The monoisotopic (exact) mass is 237 g/mol. The molecule has 0 aliphatic carbocycles. The molecule has 2 atom stereocenters. The quantitative estimate of drug-likeness (QED) is 0.715. The smallest absolute Gasteiger partial charge is 0.320 e. The van der Waals surface area contributed by atoms with E-state index in [1.807, 2.05) is 13.8 Å². The summed E-state index contributed by atoms with van der Waals surface area (Å²) in [7, 11) is 0. The Labute approximate surface area is 95.2 Å². The lowest BCUT2D eigenvalue weighted by atomic mass is 10.0. The molecule has 0 saturated carbocycles. The first-order valence-electron chi connectivity index (χ1n) is 5.55. The number of carbonyl (C=O) groups is 1. The zero-order chi connectivity index (χ0) is 12.9. The summed E-state index contributed by atoms with van der Waals surface area (Å²) in [4.78, 5) is 10.9. The summed E-state index contributed by atoms with van der Waals surface area (Å²) in [6, 6.07) is -2.00. The van der Waals surface area contributed by atoms with Crippen molar-refractivity contribution in [3.63, 3.8) is 0 Å². The van der Waals surface area contributed by atoms with E-state index in [9.17, 15) is 13.6 Å². The van der Waals surface area contributed by atoms with Gasteiger partial charge in [-0.1, -0.05) is 20.8 Å². The van der Waals surface area contributed by atoms with Crippen molar-refractivity contribution in [1.29, 1.82) is 0 Å². The maximum absolute atomic E-state index is 13.1. The summed E-state index contributed by atoms with van der Waals surface area (Å²) in [5.74, 6) is -3.83. The van der Waals surface area contributed by atoms with Gasteiger partial charge < -0.3 is 5.11 Å². The molecular weight excluding hydrogens is 216 g/mol. The first-order chi connectivity index (χ1) is 7.18. The van der Waals surface area contributed by atoms with Gasteiger partial charge in [0.15, 0.2) is 0 Å². The van der Waals surface area contributed by atoms with E-state index in [1.54, 1.807) is 6.92 Å². The fraction of sp³-hybridized carbons (Fsp3) is 0.909. The van der Waals surface area contributed by atoms with Crippen molar-refractivity contribution in [3.8, 4) is 0 Å². The number of alkyl halides is 2. The largest absolute Gasteiger partial charge is 0.480 e. The third-order valence-electron chi connectivity index (χ3n) is 2.43. The van der Waals surface area contributed by atoms with Crippen LogP contribution in [0.5, 0.6) is 0 Å². The normalized spacial score (nSPS) is 16.2. The Morgan fingerprint density at radius 2 is 1.94 bits per heavy atom. The molecule has 0 aliphatic rings. The molecule has 0 radical (unpaired) electrons. The second-order valence-electron chi connectivity index (χ2n) is 4.60. The lowest BCUT2D eigenvalue weighted by Gasteiger charge is -2.27. The average Bonchev–Trinajstić information content (AvgIpc) is 2.08. The fourth-order valence-electron chi connectivity index (χ4n) is 1.58. The van der Waals surface area contributed by atoms with Crippen molar-refractivity contribution < 1.29 is 18.7 Å². The van der Waals surface area contributed by atoms with Crippen molar-refractivity contribution in [2.45, 2.75) is 58.5 Å². The highest BCUT2D eigenvalue weighted by molar-refractivity contribution is 5.73. The number of hydrogen-bond acceptors (Lipinski definition) is 2. The molecule has 0 aromatic heterocycles. The van der Waals surface area contributed by atoms with Gasteiger partial charge in [0.2, 0.25) is 0 Å². The second kappa shape index (κ2) is 6.13. The van der Waals surface area contributed by atoms with Gasteiger partial charge in [-0.25, -0.2) is 8.78 Å². The van der Waals surface area contributed by atoms with Gasteiger partial charge in [-0.2, -0.15) is 0 Å². The van der Waals surface area contributed by atoms with Gasteiger partial charge in [0.1, 0.15) is 6.04 Å². The Balaban J connectivity index is 4.54. The van der Waals surface area contributed by atoms with Crippen molar-refractivity contribution in [3.05, 3.63) is 0 Å². The molecule has 0 aliphatic heterocycles. The van der Waals surface area contributed by atoms with E-state index in [-0.39, 0.29) is 12.3 Å². The van der Waals surface area contributed by atoms with Gasteiger partial charge in [0.25, 0.3) is 5.92 Å². The number of carboxylic acids is 1. The average molecular weight is 237 g/mol. The van der Waals surface area contributed by atoms with Crippen LogP contribution in [0, 0.1) is 5.92 Å². The van der Waals surface area contributed by atoms with Crippen LogP contribution >= 0.6 is 0 Å². The molecule has 0 heterocycles. The molecule has 2 unspecified atom stereocenters. The Kier molecular flexibility index (Phi) is 5.86. The van der Waals surface area contributed by atoms with Crippen LogP contribution in [-0.4, -0.2) is 29.1 Å². The summed E-state index contributed by atoms with van der Waals surface area (Å²) in [5.41, 5.74) is 0. The molecule has 0 spiro atoms. The summed E-state index contributed by atoms with van der Waals surface area (Å²) >= 11 is 0. The molecule has 0 fully saturated rings. The molecule has 96 valence electrons. The van der Waals surface area contributed by atoms with E-state index in [2.05, 4.69) is 5.32 Å². The van der Waals surface area contributed by atoms with Crippen molar-refractivity contribution in [2.24, 2.45) is 5.92 Å². The molecular formula is C11H21F2NO2. The Morgan fingerprint density at radius 3 is 2.19 bits per heavy atom. The van der Waals surface area contributed by atoms with Crippen LogP contribution < -0.4 is 5.32 Å². The minimum atomic E-state index is -2.90. The van der Waals surface area contributed by atoms with Crippen LogP contribution in [0.15, 0.2) is 0 Å².